The zero-order chi connectivity index (χ0) is 12.2. The molecule has 0 radical (unpaired) electrons. The highest BCUT2D eigenvalue weighted by Gasteiger charge is 2.07. The maximum Gasteiger partial charge on any atom is 0.219 e. The molecule has 5 heteroatoms. The molecule has 1 aromatic rings. The van der Waals surface area contributed by atoms with Crippen molar-refractivity contribution in [1.82, 2.24) is 5.32 Å². The van der Waals surface area contributed by atoms with Gasteiger partial charge in [0.1, 0.15) is 0 Å². The normalized spacial score (nSPS) is 11.1. The van der Waals surface area contributed by atoms with Gasteiger partial charge in [0.2, 0.25) is 5.91 Å². The number of benzene rings is 1. The SMILES string of the molecule is CCC(=O)NCc1cccc(S(C)(=O)=O)c1. The lowest BCUT2D eigenvalue weighted by atomic mass is 10.2. The Morgan fingerprint density at radius 1 is 1.38 bits per heavy atom. The van der Waals surface area contributed by atoms with Gasteiger partial charge in [0.05, 0.1) is 4.90 Å². The van der Waals surface area contributed by atoms with Gasteiger partial charge in [-0.2, -0.15) is 0 Å². The fourth-order valence-electron chi connectivity index (χ4n) is 1.21. The molecule has 0 aliphatic heterocycles. The van der Waals surface area contributed by atoms with Gasteiger partial charge in [-0.3, -0.25) is 4.79 Å². The van der Waals surface area contributed by atoms with Gasteiger partial charge < -0.3 is 5.32 Å². The molecular formula is C11H15NO3S. The van der Waals surface area contributed by atoms with Crippen molar-refractivity contribution in [1.29, 1.82) is 0 Å². The first kappa shape index (κ1) is 12.7. The average Bonchev–Trinajstić information content (AvgIpc) is 2.25. The highest BCUT2D eigenvalue weighted by atomic mass is 32.2. The van der Waals surface area contributed by atoms with Crippen LogP contribution in [0.25, 0.3) is 0 Å². The van der Waals surface area contributed by atoms with Crippen molar-refractivity contribution in [2.24, 2.45) is 0 Å². The number of amides is 1. The molecule has 16 heavy (non-hydrogen) atoms. The van der Waals surface area contributed by atoms with E-state index in [9.17, 15) is 13.2 Å². The predicted octanol–water partition coefficient (Wildman–Crippen LogP) is 1.12. The van der Waals surface area contributed by atoms with Crippen LogP contribution in [0.1, 0.15) is 18.9 Å². The summed E-state index contributed by atoms with van der Waals surface area (Å²) in [5, 5.41) is 2.69. The van der Waals surface area contributed by atoms with Crippen molar-refractivity contribution < 1.29 is 13.2 Å². The van der Waals surface area contributed by atoms with Crippen LogP contribution < -0.4 is 5.32 Å². The second-order valence-electron chi connectivity index (χ2n) is 3.55. The first-order chi connectivity index (χ1) is 7.43. The smallest absolute Gasteiger partial charge is 0.219 e. The van der Waals surface area contributed by atoms with E-state index in [1.54, 1.807) is 31.2 Å². The third-order valence-corrected chi connectivity index (χ3v) is 3.25. The van der Waals surface area contributed by atoms with Crippen LogP contribution >= 0.6 is 0 Å². The monoisotopic (exact) mass is 241 g/mol. The summed E-state index contributed by atoms with van der Waals surface area (Å²) >= 11 is 0. The zero-order valence-corrected chi connectivity index (χ0v) is 10.2. The molecule has 0 unspecified atom stereocenters. The maximum atomic E-state index is 11.3. The highest BCUT2D eigenvalue weighted by molar-refractivity contribution is 7.90. The largest absolute Gasteiger partial charge is 0.352 e. The van der Waals surface area contributed by atoms with Gasteiger partial charge in [0, 0.05) is 19.2 Å². The lowest BCUT2D eigenvalue weighted by molar-refractivity contribution is -0.120. The summed E-state index contributed by atoms with van der Waals surface area (Å²) in [4.78, 5) is 11.3. The van der Waals surface area contributed by atoms with E-state index in [1.807, 2.05) is 0 Å². The second-order valence-corrected chi connectivity index (χ2v) is 5.57. The minimum atomic E-state index is -3.18. The average molecular weight is 241 g/mol. The van der Waals surface area contributed by atoms with Gasteiger partial charge in [0.25, 0.3) is 0 Å². The Balaban J connectivity index is 2.80. The van der Waals surface area contributed by atoms with Crippen LogP contribution in [0.2, 0.25) is 0 Å². The van der Waals surface area contributed by atoms with E-state index in [0.29, 0.717) is 13.0 Å². The molecule has 1 rings (SSSR count). The lowest BCUT2D eigenvalue weighted by Gasteiger charge is -2.05. The molecule has 0 aliphatic rings. The third-order valence-electron chi connectivity index (χ3n) is 2.14. The van der Waals surface area contributed by atoms with Gasteiger partial charge in [-0.15, -0.1) is 0 Å². The van der Waals surface area contributed by atoms with Crippen molar-refractivity contribution in [2.75, 3.05) is 6.26 Å². The summed E-state index contributed by atoms with van der Waals surface area (Å²) in [5.74, 6) is -0.0511. The summed E-state index contributed by atoms with van der Waals surface area (Å²) in [7, 11) is -3.18. The summed E-state index contributed by atoms with van der Waals surface area (Å²) in [5.41, 5.74) is 0.782. The molecule has 0 spiro atoms. The van der Waals surface area contributed by atoms with Crippen molar-refractivity contribution >= 4 is 15.7 Å². The highest BCUT2D eigenvalue weighted by Crippen LogP contribution is 2.11. The quantitative estimate of drug-likeness (QED) is 0.859. The maximum absolute atomic E-state index is 11.3. The molecule has 0 saturated heterocycles. The van der Waals surface area contributed by atoms with Gasteiger partial charge in [0.15, 0.2) is 9.84 Å². The van der Waals surface area contributed by atoms with Crippen molar-refractivity contribution in [3.05, 3.63) is 29.8 Å². The second kappa shape index (κ2) is 5.12. The first-order valence-electron chi connectivity index (χ1n) is 4.99. The summed E-state index contributed by atoms with van der Waals surface area (Å²) in [6, 6.07) is 6.57. The van der Waals surface area contributed by atoms with E-state index in [0.717, 1.165) is 11.8 Å². The molecule has 1 aromatic carbocycles. The van der Waals surface area contributed by atoms with Crippen LogP contribution in [0.3, 0.4) is 0 Å². The van der Waals surface area contributed by atoms with Gasteiger partial charge in [-0.05, 0) is 17.7 Å². The molecule has 0 heterocycles. The van der Waals surface area contributed by atoms with E-state index in [2.05, 4.69) is 5.32 Å². The van der Waals surface area contributed by atoms with Gasteiger partial charge in [-0.1, -0.05) is 19.1 Å². The van der Waals surface area contributed by atoms with Crippen LogP contribution in [-0.4, -0.2) is 20.6 Å². The van der Waals surface area contributed by atoms with Crippen LogP contribution in [0, 0.1) is 0 Å². The fraction of sp³-hybridized carbons (Fsp3) is 0.364. The van der Waals surface area contributed by atoms with Crippen LogP contribution in [0.15, 0.2) is 29.2 Å². The van der Waals surface area contributed by atoms with Crippen LogP contribution in [0.5, 0.6) is 0 Å². The number of hydrogen-bond acceptors (Lipinski definition) is 3. The number of hydrogen-bond donors (Lipinski definition) is 1. The summed E-state index contributed by atoms with van der Waals surface area (Å²) in [6.45, 7) is 2.12. The van der Waals surface area contributed by atoms with Crippen LogP contribution in [-0.2, 0) is 21.2 Å². The molecular weight excluding hydrogens is 226 g/mol. The molecule has 0 fully saturated rings. The zero-order valence-electron chi connectivity index (χ0n) is 9.36. The Bertz CT molecular complexity index is 480. The number of sulfone groups is 1. The minimum Gasteiger partial charge on any atom is -0.352 e. The molecule has 1 N–H and O–H groups in total. The third kappa shape index (κ3) is 3.66. The molecule has 1 amide bonds. The van der Waals surface area contributed by atoms with E-state index >= 15 is 0 Å². The summed E-state index contributed by atoms with van der Waals surface area (Å²) < 4.78 is 22.6. The minimum absolute atomic E-state index is 0.0511. The topological polar surface area (TPSA) is 63.2 Å². The number of carbonyl (C=O) groups is 1. The molecule has 0 atom stereocenters. The van der Waals surface area contributed by atoms with Crippen LogP contribution in [0.4, 0.5) is 0 Å². The van der Waals surface area contributed by atoms with E-state index < -0.39 is 9.84 Å². The number of nitrogens with one attached hydrogen (secondary N) is 1. The Morgan fingerprint density at radius 2 is 2.06 bits per heavy atom. The molecule has 0 saturated carbocycles. The number of carbonyl (C=O) groups excluding carboxylic acids is 1. The van der Waals surface area contributed by atoms with Gasteiger partial charge >= 0.3 is 0 Å². The molecule has 0 aliphatic carbocycles. The van der Waals surface area contributed by atoms with E-state index in [1.165, 1.54) is 0 Å². The van der Waals surface area contributed by atoms with E-state index in [-0.39, 0.29) is 10.8 Å². The molecule has 88 valence electrons. The first-order valence-corrected chi connectivity index (χ1v) is 6.88. The Morgan fingerprint density at radius 3 is 2.62 bits per heavy atom. The summed E-state index contributed by atoms with van der Waals surface area (Å²) in [6.07, 6.45) is 1.59. The Kier molecular flexibility index (Phi) is 4.06. The standard InChI is InChI=1S/C11H15NO3S/c1-3-11(13)12-8-9-5-4-6-10(7-9)16(2,14)15/h4-7H,3,8H2,1-2H3,(H,12,13). The Labute approximate surface area is 95.6 Å². The van der Waals surface area contributed by atoms with Crippen molar-refractivity contribution in [2.45, 2.75) is 24.8 Å². The Hall–Kier alpha value is -1.36. The molecule has 0 aromatic heterocycles. The van der Waals surface area contributed by atoms with E-state index in [4.69, 9.17) is 0 Å². The molecule has 0 bridgehead atoms. The van der Waals surface area contributed by atoms with Crippen molar-refractivity contribution in [3.63, 3.8) is 0 Å². The fourth-order valence-corrected chi connectivity index (χ4v) is 1.90. The lowest BCUT2D eigenvalue weighted by Crippen LogP contribution is -2.21. The predicted molar refractivity (Wildman–Crippen MR) is 61.7 cm³/mol. The van der Waals surface area contributed by atoms with Gasteiger partial charge in [-0.25, -0.2) is 8.42 Å². The molecule has 4 nitrogen and oxygen atoms in total. The van der Waals surface area contributed by atoms with Crippen molar-refractivity contribution in [3.8, 4) is 0 Å². The number of rotatable bonds is 4.